The minimum absolute atomic E-state index is 0.203. The van der Waals surface area contributed by atoms with E-state index in [2.05, 4.69) is 4.90 Å². The third-order valence-electron chi connectivity index (χ3n) is 6.79. The number of hydrogen-bond acceptors (Lipinski definition) is 5. The summed E-state index contributed by atoms with van der Waals surface area (Å²) in [6.45, 7) is 2.35. The van der Waals surface area contributed by atoms with Crippen LogP contribution in [0.5, 0.6) is 5.75 Å². The molecule has 1 aliphatic rings. The van der Waals surface area contributed by atoms with Gasteiger partial charge in [0, 0.05) is 44.2 Å². The third kappa shape index (κ3) is 5.55. The predicted octanol–water partition coefficient (Wildman–Crippen LogP) is 5.35. The fourth-order valence-corrected chi connectivity index (χ4v) is 4.79. The van der Waals surface area contributed by atoms with Crippen LogP contribution >= 0.6 is 0 Å². The molecule has 0 atom stereocenters. The van der Waals surface area contributed by atoms with Crippen LogP contribution < -0.4 is 4.74 Å². The van der Waals surface area contributed by atoms with E-state index < -0.39 is 6.09 Å². The average molecular weight is 515 g/mol. The molecule has 0 radical (unpaired) electrons. The number of hydrogen-bond donors (Lipinski definition) is 0. The zero-order valence-corrected chi connectivity index (χ0v) is 21.6. The maximum Gasteiger partial charge on any atom is 0.410 e. The van der Waals surface area contributed by atoms with Crippen molar-refractivity contribution in [3.05, 3.63) is 113 Å². The van der Waals surface area contributed by atoms with Gasteiger partial charge in [-0.15, -0.1) is 0 Å². The number of methoxy groups -OCH3 is 1. The second kappa shape index (κ2) is 11.5. The van der Waals surface area contributed by atoms with Gasteiger partial charge in [0.25, 0.3) is 0 Å². The lowest BCUT2D eigenvalue weighted by Gasteiger charge is -2.28. The molecule has 4 aromatic rings. The zero-order valence-electron chi connectivity index (χ0n) is 21.6. The number of aromatic nitrogens is 2. The Kier molecular flexibility index (Phi) is 7.70. The van der Waals surface area contributed by atoms with Crippen molar-refractivity contribution in [2.24, 2.45) is 0 Å². The Morgan fingerprint density at radius 2 is 1.76 bits per heavy atom. The topological polar surface area (TPSA) is 59.8 Å². The maximum atomic E-state index is 14.4. The van der Waals surface area contributed by atoms with E-state index in [-0.39, 0.29) is 19.0 Å². The van der Waals surface area contributed by atoms with Gasteiger partial charge in [-0.25, -0.2) is 13.9 Å². The van der Waals surface area contributed by atoms with Crippen LogP contribution in [0.4, 0.5) is 9.18 Å². The summed E-state index contributed by atoms with van der Waals surface area (Å²) in [6.07, 6.45) is 0.310. The first kappa shape index (κ1) is 25.5. The molecule has 1 aromatic heterocycles. The minimum Gasteiger partial charge on any atom is -0.494 e. The van der Waals surface area contributed by atoms with Gasteiger partial charge in [0.15, 0.2) is 0 Å². The summed E-state index contributed by atoms with van der Waals surface area (Å²) in [5.41, 5.74) is 5.33. The van der Waals surface area contributed by atoms with Crippen LogP contribution in [-0.4, -0.2) is 46.4 Å². The highest BCUT2D eigenvalue weighted by atomic mass is 19.1. The minimum atomic E-state index is -0.423. The van der Waals surface area contributed by atoms with Crippen molar-refractivity contribution in [3.63, 3.8) is 0 Å². The maximum absolute atomic E-state index is 14.4. The molecule has 1 amide bonds. The van der Waals surface area contributed by atoms with Crippen molar-refractivity contribution in [2.45, 2.75) is 32.7 Å². The van der Waals surface area contributed by atoms with Gasteiger partial charge in [-0.3, -0.25) is 4.90 Å². The van der Waals surface area contributed by atoms with Gasteiger partial charge in [-0.1, -0.05) is 60.7 Å². The number of halogens is 1. The normalized spacial score (nSPS) is 13.1. The van der Waals surface area contributed by atoms with Crippen molar-refractivity contribution in [1.29, 1.82) is 0 Å². The summed E-state index contributed by atoms with van der Waals surface area (Å²) >= 11 is 0. The molecule has 7 nitrogen and oxygen atoms in total. The Bertz CT molecular complexity index is 1410. The number of amides is 1. The molecule has 0 saturated heterocycles. The molecule has 1 aliphatic heterocycles. The number of nitrogens with zero attached hydrogens (tertiary/aromatic N) is 4. The lowest BCUT2D eigenvalue weighted by atomic mass is 10.0. The first-order valence-corrected chi connectivity index (χ1v) is 12.6. The van der Waals surface area contributed by atoms with Crippen LogP contribution in [-0.2, 0) is 37.4 Å². The number of carbonyl (C=O) groups is 1. The van der Waals surface area contributed by atoms with Gasteiger partial charge in [0.2, 0.25) is 0 Å². The molecular formula is C30H31FN4O3. The monoisotopic (exact) mass is 514 g/mol. The van der Waals surface area contributed by atoms with E-state index in [9.17, 15) is 9.18 Å². The molecular weight excluding hydrogens is 483 g/mol. The number of benzene rings is 3. The largest absolute Gasteiger partial charge is 0.494 e. The van der Waals surface area contributed by atoms with Gasteiger partial charge in [-0.05, 0) is 23.8 Å². The van der Waals surface area contributed by atoms with E-state index in [1.165, 1.54) is 11.0 Å². The molecule has 5 rings (SSSR count). The Hall–Kier alpha value is -4.17. The van der Waals surface area contributed by atoms with Crippen molar-refractivity contribution >= 4 is 6.09 Å². The first-order valence-electron chi connectivity index (χ1n) is 12.6. The summed E-state index contributed by atoms with van der Waals surface area (Å²) < 4.78 is 27.4. The lowest BCUT2D eigenvalue weighted by molar-refractivity contribution is 0.102. The summed E-state index contributed by atoms with van der Waals surface area (Å²) in [5.74, 6) is 0.512. The number of fused-ring (bicyclic) bond motifs is 1. The molecule has 3 aromatic carbocycles. The predicted molar refractivity (Wildman–Crippen MR) is 142 cm³/mol. The Morgan fingerprint density at radius 1 is 1.03 bits per heavy atom. The summed E-state index contributed by atoms with van der Waals surface area (Å²) in [4.78, 5) is 16.6. The SMILES string of the molecule is COc1ccccc1-n1nc(CN(C)C(=O)OCc2ccccc2)c2c1CCN(Cc1ccccc1F)C2. The second-order valence-electron chi connectivity index (χ2n) is 9.40. The van der Waals surface area contributed by atoms with Crippen LogP contribution in [0, 0.1) is 5.82 Å². The van der Waals surface area contributed by atoms with Crippen molar-refractivity contribution in [3.8, 4) is 11.4 Å². The molecule has 0 bridgehead atoms. The summed E-state index contributed by atoms with van der Waals surface area (Å²) in [7, 11) is 3.35. The van der Waals surface area contributed by atoms with Crippen LogP contribution in [0.15, 0.2) is 78.9 Å². The smallest absolute Gasteiger partial charge is 0.410 e. The van der Waals surface area contributed by atoms with Gasteiger partial charge >= 0.3 is 6.09 Å². The van der Waals surface area contributed by atoms with E-state index in [4.69, 9.17) is 14.6 Å². The molecule has 38 heavy (non-hydrogen) atoms. The van der Waals surface area contributed by atoms with E-state index in [1.807, 2.05) is 71.4 Å². The summed E-state index contributed by atoms with van der Waals surface area (Å²) in [5, 5.41) is 4.96. The summed E-state index contributed by atoms with van der Waals surface area (Å²) in [6, 6.07) is 24.2. The molecule has 0 aliphatic carbocycles. The fraction of sp³-hybridized carbons (Fsp3) is 0.267. The molecule has 2 heterocycles. The number of rotatable bonds is 8. The highest BCUT2D eigenvalue weighted by molar-refractivity contribution is 5.67. The van der Waals surface area contributed by atoms with E-state index in [1.54, 1.807) is 20.2 Å². The average Bonchev–Trinajstić information content (AvgIpc) is 3.30. The molecule has 0 saturated carbocycles. The lowest BCUT2D eigenvalue weighted by Crippen LogP contribution is -2.32. The zero-order chi connectivity index (χ0) is 26.5. The van der Waals surface area contributed by atoms with Crippen LogP contribution in [0.1, 0.15) is 28.1 Å². The quantitative estimate of drug-likeness (QED) is 0.317. The standard InChI is InChI=1S/C30H31FN4O3/c1-33(30(36)38-21-22-10-4-3-5-11-22)20-26-24-19-34(18-23-12-6-7-13-25(23)31)17-16-27(24)35(32-26)28-14-8-9-15-29(28)37-2/h3-15H,16-21H2,1-2H3. The fourth-order valence-electron chi connectivity index (χ4n) is 4.79. The Balaban J connectivity index is 1.40. The van der Waals surface area contributed by atoms with Crippen LogP contribution in [0.3, 0.4) is 0 Å². The highest BCUT2D eigenvalue weighted by Gasteiger charge is 2.28. The molecule has 0 N–H and O–H groups in total. The molecule has 0 spiro atoms. The number of ether oxygens (including phenoxy) is 2. The third-order valence-corrected chi connectivity index (χ3v) is 6.79. The van der Waals surface area contributed by atoms with Gasteiger partial charge < -0.3 is 14.4 Å². The van der Waals surface area contributed by atoms with E-state index in [0.717, 1.165) is 41.2 Å². The molecule has 0 fully saturated rings. The molecule has 196 valence electrons. The van der Waals surface area contributed by atoms with E-state index in [0.29, 0.717) is 24.4 Å². The Labute approximate surface area is 222 Å². The van der Waals surface area contributed by atoms with Crippen LogP contribution in [0.25, 0.3) is 5.69 Å². The molecule has 0 unspecified atom stereocenters. The number of para-hydroxylation sites is 2. The second-order valence-corrected chi connectivity index (χ2v) is 9.40. The van der Waals surface area contributed by atoms with Crippen LogP contribution in [0.2, 0.25) is 0 Å². The van der Waals surface area contributed by atoms with Gasteiger partial charge in [0.1, 0.15) is 23.9 Å². The molecule has 8 heteroatoms. The van der Waals surface area contributed by atoms with Gasteiger partial charge in [-0.2, -0.15) is 5.10 Å². The van der Waals surface area contributed by atoms with E-state index >= 15 is 0 Å². The number of carbonyl (C=O) groups excluding carboxylic acids is 1. The first-order chi connectivity index (χ1) is 18.5. The van der Waals surface area contributed by atoms with Crippen molar-refractivity contribution in [1.82, 2.24) is 19.6 Å². The Morgan fingerprint density at radius 3 is 2.55 bits per heavy atom. The van der Waals surface area contributed by atoms with Gasteiger partial charge in [0.05, 0.1) is 25.0 Å². The highest BCUT2D eigenvalue weighted by Crippen LogP contribution is 2.31. The van der Waals surface area contributed by atoms with Crippen molar-refractivity contribution in [2.75, 3.05) is 20.7 Å². The van der Waals surface area contributed by atoms with Crippen molar-refractivity contribution < 1.29 is 18.7 Å².